The molecule has 1 aliphatic rings. The maximum Gasteiger partial charge on any atom is 0.338 e. The lowest BCUT2D eigenvalue weighted by atomic mass is 9.94. The zero-order valence-electron chi connectivity index (χ0n) is 18.7. The van der Waals surface area contributed by atoms with Crippen molar-refractivity contribution in [2.45, 2.75) is 19.9 Å². The van der Waals surface area contributed by atoms with Crippen molar-refractivity contribution in [2.24, 2.45) is 4.99 Å². The van der Waals surface area contributed by atoms with Crippen molar-refractivity contribution < 1.29 is 19.0 Å². The number of benzene rings is 1. The minimum absolute atomic E-state index is 0.198. The summed E-state index contributed by atoms with van der Waals surface area (Å²) in [5.41, 5.74) is 1.95. The molecule has 4 rings (SSSR count). The first-order valence-corrected chi connectivity index (χ1v) is 11.1. The SMILES string of the molecule is CCOC(=O)C1=C(C)N=c2s/c(=C\c3ccncc3)c(=O)n2[C@H]1c1cc(OC)ccc1OC. The van der Waals surface area contributed by atoms with Crippen molar-refractivity contribution in [3.8, 4) is 11.5 Å². The Morgan fingerprint density at radius 1 is 1.18 bits per heavy atom. The van der Waals surface area contributed by atoms with Gasteiger partial charge in [-0.05, 0) is 55.8 Å². The molecule has 1 atom stereocenters. The van der Waals surface area contributed by atoms with Gasteiger partial charge in [0.15, 0.2) is 4.80 Å². The molecule has 0 saturated heterocycles. The molecule has 0 fully saturated rings. The first-order valence-electron chi connectivity index (χ1n) is 10.3. The van der Waals surface area contributed by atoms with Gasteiger partial charge < -0.3 is 14.2 Å². The number of esters is 1. The molecule has 8 nitrogen and oxygen atoms in total. The Morgan fingerprint density at radius 3 is 2.61 bits per heavy atom. The smallest absolute Gasteiger partial charge is 0.338 e. The lowest BCUT2D eigenvalue weighted by Gasteiger charge is -2.26. The Labute approximate surface area is 194 Å². The average molecular weight is 466 g/mol. The van der Waals surface area contributed by atoms with Gasteiger partial charge in [0.2, 0.25) is 0 Å². The van der Waals surface area contributed by atoms with E-state index < -0.39 is 12.0 Å². The number of aromatic nitrogens is 2. The number of fused-ring (bicyclic) bond motifs is 1. The van der Waals surface area contributed by atoms with Crippen LogP contribution in [0.1, 0.15) is 31.0 Å². The number of nitrogens with zero attached hydrogens (tertiary/aromatic N) is 3. The fourth-order valence-electron chi connectivity index (χ4n) is 3.75. The third kappa shape index (κ3) is 4.19. The van der Waals surface area contributed by atoms with Crippen molar-refractivity contribution in [2.75, 3.05) is 20.8 Å². The molecule has 170 valence electrons. The number of carbonyl (C=O) groups is 1. The van der Waals surface area contributed by atoms with E-state index in [0.29, 0.717) is 32.1 Å². The highest BCUT2D eigenvalue weighted by molar-refractivity contribution is 7.07. The molecule has 0 radical (unpaired) electrons. The Balaban J connectivity index is 2.02. The highest BCUT2D eigenvalue weighted by Gasteiger charge is 2.35. The molecular weight excluding hydrogens is 442 g/mol. The summed E-state index contributed by atoms with van der Waals surface area (Å²) in [7, 11) is 3.10. The van der Waals surface area contributed by atoms with Crippen LogP contribution in [0.5, 0.6) is 11.5 Å². The highest BCUT2D eigenvalue weighted by atomic mass is 32.1. The van der Waals surface area contributed by atoms with E-state index in [1.165, 1.54) is 15.9 Å². The van der Waals surface area contributed by atoms with Gasteiger partial charge in [0.25, 0.3) is 5.56 Å². The molecule has 0 amide bonds. The van der Waals surface area contributed by atoms with Gasteiger partial charge in [-0.25, -0.2) is 9.79 Å². The van der Waals surface area contributed by atoms with Crippen molar-refractivity contribution >= 4 is 23.4 Å². The van der Waals surface area contributed by atoms with Crippen LogP contribution < -0.4 is 24.4 Å². The minimum Gasteiger partial charge on any atom is -0.497 e. The first-order chi connectivity index (χ1) is 16.0. The van der Waals surface area contributed by atoms with Crippen LogP contribution in [0.15, 0.2) is 63.8 Å². The number of ether oxygens (including phenoxy) is 3. The summed E-state index contributed by atoms with van der Waals surface area (Å²) in [6.07, 6.45) is 5.11. The number of pyridine rings is 1. The van der Waals surface area contributed by atoms with E-state index in [1.807, 2.05) is 12.1 Å². The summed E-state index contributed by atoms with van der Waals surface area (Å²) in [5.74, 6) is 0.556. The lowest BCUT2D eigenvalue weighted by Crippen LogP contribution is -2.40. The van der Waals surface area contributed by atoms with Gasteiger partial charge in [0.05, 0.1) is 36.6 Å². The Hall–Kier alpha value is -3.72. The standard InChI is InChI=1S/C24H23N3O5S/c1-5-32-23(29)20-14(2)26-24-27(21(20)17-13-16(30-3)6-7-18(17)31-4)22(28)19(33-24)12-15-8-10-25-11-9-15/h6-13,21H,5H2,1-4H3/b19-12-/t21-/m0/s1. The normalized spacial score (nSPS) is 15.6. The fourth-order valence-corrected chi connectivity index (χ4v) is 4.80. The van der Waals surface area contributed by atoms with Gasteiger partial charge >= 0.3 is 5.97 Å². The molecule has 0 aliphatic carbocycles. The average Bonchev–Trinajstić information content (AvgIpc) is 3.12. The number of methoxy groups -OCH3 is 2. The summed E-state index contributed by atoms with van der Waals surface area (Å²) in [6.45, 7) is 3.68. The van der Waals surface area contributed by atoms with Crippen LogP contribution in [0, 0.1) is 0 Å². The zero-order valence-corrected chi connectivity index (χ0v) is 19.5. The number of thiazole rings is 1. The van der Waals surface area contributed by atoms with Crippen LogP contribution >= 0.6 is 11.3 Å². The van der Waals surface area contributed by atoms with Crippen molar-refractivity contribution in [3.63, 3.8) is 0 Å². The molecule has 1 aromatic carbocycles. The molecule has 3 heterocycles. The summed E-state index contributed by atoms with van der Waals surface area (Å²) in [6, 6.07) is 8.12. The summed E-state index contributed by atoms with van der Waals surface area (Å²) < 4.78 is 18.3. The quantitative estimate of drug-likeness (QED) is 0.519. The van der Waals surface area contributed by atoms with E-state index in [2.05, 4.69) is 9.98 Å². The van der Waals surface area contributed by atoms with Gasteiger partial charge in [-0.2, -0.15) is 0 Å². The molecule has 0 spiro atoms. The molecule has 0 bridgehead atoms. The van der Waals surface area contributed by atoms with Gasteiger partial charge in [-0.1, -0.05) is 11.3 Å². The molecule has 3 aromatic rings. The van der Waals surface area contributed by atoms with E-state index in [0.717, 1.165) is 5.56 Å². The lowest BCUT2D eigenvalue weighted by molar-refractivity contribution is -0.139. The molecule has 0 unspecified atom stereocenters. The van der Waals surface area contributed by atoms with Crippen LogP contribution in [0.25, 0.3) is 6.08 Å². The molecule has 2 aromatic heterocycles. The topological polar surface area (TPSA) is 92.0 Å². The van der Waals surface area contributed by atoms with E-state index >= 15 is 0 Å². The molecule has 9 heteroatoms. The number of rotatable bonds is 6. The van der Waals surface area contributed by atoms with Crippen LogP contribution in [0.2, 0.25) is 0 Å². The Morgan fingerprint density at radius 2 is 1.94 bits per heavy atom. The van der Waals surface area contributed by atoms with E-state index in [-0.39, 0.29) is 17.7 Å². The molecule has 33 heavy (non-hydrogen) atoms. The number of hydrogen-bond acceptors (Lipinski definition) is 8. The summed E-state index contributed by atoms with van der Waals surface area (Å²) >= 11 is 1.26. The monoisotopic (exact) mass is 465 g/mol. The van der Waals surface area contributed by atoms with Crippen molar-refractivity contribution in [1.82, 2.24) is 9.55 Å². The van der Waals surface area contributed by atoms with Crippen LogP contribution in [-0.4, -0.2) is 36.3 Å². The summed E-state index contributed by atoms with van der Waals surface area (Å²) in [5, 5.41) is 0. The number of carbonyl (C=O) groups excluding carboxylic acids is 1. The molecular formula is C24H23N3O5S. The van der Waals surface area contributed by atoms with Gasteiger partial charge in [0, 0.05) is 18.0 Å². The van der Waals surface area contributed by atoms with Gasteiger partial charge in [0.1, 0.15) is 17.5 Å². The first kappa shape index (κ1) is 22.5. The van der Waals surface area contributed by atoms with E-state index in [9.17, 15) is 9.59 Å². The minimum atomic E-state index is -0.787. The number of allylic oxidation sites excluding steroid dienone is 1. The van der Waals surface area contributed by atoms with Gasteiger partial charge in [-0.3, -0.25) is 14.3 Å². The van der Waals surface area contributed by atoms with Crippen LogP contribution in [0.4, 0.5) is 0 Å². The Bertz CT molecular complexity index is 1410. The van der Waals surface area contributed by atoms with Crippen molar-refractivity contribution in [1.29, 1.82) is 0 Å². The second kappa shape index (κ2) is 9.41. The molecule has 1 aliphatic heterocycles. The third-order valence-corrected chi connectivity index (χ3v) is 6.24. The van der Waals surface area contributed by atoms with Crippen LogP contribution in [-0.2, 0) is 9.53 Å². The molecule has 0 saturated carbocycles. The second-order valence-corrected chi connectivity index (χ2v) is 8.20. The van der Waals surface area contributed by atoms with E-state index in [4.69, 9.17) is 14.2 Å². The Kier molecular flexibility index (Phi) is 6.41. The second-order valence-electron chi connectivity index (χ2n) is 7.19. The largest absolute Gasteiger partial charge is 0.497 e. The number of hydrogen-bond donors (Lipinski definition) is 0. The van der Waals surface area contributed by atoms with Crippen LogP contribution in [0.3, 0.4) is 0 Å². The van der Waals surface area contributed by atoms with Gasteiger partial charge in [-0.15, -0.1) is 0 Å². The zero-order chi connectivity index (χ0) is 23.5. The predicted octanol–water partition coefficient (Wildman–Crippen LogP) is 2.21. The van der Waals surface area contributed by atoms with Crippen molar-refractivity contribution in [3.05, 3.63) is 84.8 Å². The highest BCUT2D eigenvalue weighted by Crippen LogP contribution is 2.37. The summed E-state index contributed by atoms with van der Waals surface area (Å²) in [4.78, 5) is 35.7. The third-order valence-electron chi connectivity index (χ3n) is 5.25. The maximum absolute atomic E-state index is 13.6. The predicted molar refractivity (Wildman–Crippen MR) is 124 cm³/mol. The van der Waals surface area contributed by atoms with E-state index in [1.54, 1.807) is 64.7 Å². The maximum atomic E-state index is 13.6. The molecule has 0 N–H and O–H groups in total. The fraction of sp³-hybridized carbons (Fsp3) is 0.250.